The second-order valence-corrected chi connectivity index (χ2v) is 6.10. The first-order chi connectivity index (χ1) is 11.1. The van der Waals surface area contributed by atoms with Crippen molar-refractivity contribution in [2.75, 3.05) is 10.6 Å². The van der Waals surface area contributed by atoms with Gasteiger partial charge in [0.2, 0.25) is 5.91 Å². The van der Waals surface area contributed by atoms with Gasteiger partial charge in [-0.15, -0.1) is 11.3 Å². The second-order valence-electron chi connectivity index (χ2n) is 5.16. The summed E-state index contributed by atoms with van der Waals surface area (Å²) in [5.41, 5.74) is 3.13. The topological polar surface area (TPSA) is 63.1 Å². The van der Waals surface area contributed by atoms with E-state index in [4.69, 9.17) is 0 Å². The number of anilines is 2. The molecule has 1 aromatic carbocycles. The third kappa shape index (κ3) is 3.12. The van der Waals surface area contributed by atoms with E-state index in [1.54, 1.807) is 35.6 Å². The van der Waals surface area contributed by atoms with Gasteiger partial charge < -0.3 is 15.2 Å². The molecule has 0 saturated heterocycles. The van der Waals surface area contributed by atoms with Crippen LogP contribution in [0.1, 0.15) is 24.3 Å². The Morgan fingerprint density at radius 3 is 2.35 bits per heavy atom. The predicted octanol–water partition coefficient (Wildman–Crippen LogP) is 3.93. The Morgan fingerprint density at radius 1 is 1.09 bits per heavy atom. The van der Waals surface area contributed by atoms with Crippen molar-refractivity contribution in [3.8, 4) is 0 Å². The molecule has 0 unspecified atom stereocenters. The first-order valence-electron chi connectivity index (χ1n) is 7.34. The standard InChI is InChI=1S/C17H17N3O2S/c1-3-20-14-8-9-23-16(14)10-15(20)17(22)19-13-6-4-12(5-7-13)18-11(2)21/h4-10H,3H2,1-2H3,(H,18,21)(H,19,22). The fourth-order valence-electron chi connectivity index (χ4n) is 2.54. The van der Waals surface area contributed by atoms with Crippen molar-refractivity contribution in [3.63, 3.8) is 0 Å². The number of hydrogen-bond donors (Lipinski definition) is 2. The van der Waals surface area contributed by atoms with Gasteiger partial charge in [0.15, 0.2) is 0 Å². The maximum Gasteiger partial charge on any atom is 0.272 e. The highest BCUT2D eigenvalue weighted by Crippen LogP contribution is 2.26. The summed E-state index contributed by atoms with van der Waals surface area (Å²) in [6.45, 7) is 4.22. The van der Waals surface area contributed by atoms with Gasteiger partial charge in [-0.1, -0.05) is 0 Å². The summed E-state index contributed by atoms with van der Waals surface area (Å²) < 4.78 is 3.12. The second kappa shape index (κ2) is 6.26. The Labute approximate surface area is 137 Å². The monoisotopic (exact) mass is 327 g/mol. The van der Waals surface area contributed by atoms with E-state index in [-0.39, 0.29) is 11.8 Å². The van der Waals surface area contributed by atoms with Gasteiger partial charge in [0.05, 0.1) is 10.2 Å². The Balaban J connectivity index is 1.80. The molecule has 0 radical (unpaired) electrons. The number of carbonyl (C=O) groups excluding carboxylic acids is 2. The smallest absolute Gasteiger partial charge is 0.272 e. The Kier molecular flexibility index (Phi) is 4.16. The van der Waals surface area contributed by atoms with E-state index in [0.717, 1.165) is 16.8 Å². The van der Waals surface area contributed by atoms with Crippen molar-refractivity contribution >= 4 is 44.7 Å². The zero-order valence-electron chi connectivity index (χ0n) is 12.9. The van der Waals surface area contributed by atoms with E-state index in [1.165, 1.54) is 6.92 Å². The van der Waals surface area contributed by atoms with Gasteiger partial charge in [-0.3, -0.25) is 9.59 Å². The van der Waals surface area contributed by atoms with Crippen molar-refractivity contribution in [1.29, 1.82) is 0 Å². The number of nitrogens with one attached hydrogen (secondary N) is 2. The van der Waals surface area contributed by atoms with Crippen molar-refractivity contribution in [1.82, 2.24) is 4.57 Å². The summed E-state index contributed by atoms with van der Waals surface area (Å²) in [6.07, 6.45) is 0. The van der Waals surface area contributed by atoms with E-state index >= 15 is 0 Å². The highest BCUT2D eigenvalue weighted by molar-refractivity contribution is 7.17. The first kappa shape index (κ1) is 15.3. The number of aryl methyl sites for hydroxylation is 1. The van der Waals surface area contributed by atoms with E-state index in [1.807, 2.05) is 29.0 Å². The highest BCUT2D eigenvalue weighted by Gasteiger charge is 2.15. The van der Waals surface area contributed by atoms with Crippen LogP contribution < -0.4 is 10.6 Å². The summed E-state index contributed by atoms with van der Waals surface area (Å²) in [5.74, 6) is -0.259. The lowest BCUT2D eigenvalue weighted by Gasteiger charge is -2.09. The number of aromatic nitrogens is 1. The molecule has 0 atom stereocenters. The molecular weight excluding hydrogens is 310 g/mol. The van der Waals surface area contributed by atoms with Crippen LogP contribution >= 0.6 is 11.3 Å². The molecule has 0 aliphatic carbocycles. The van der Waals surface area contributed by atoms with Gasteiger partial charge in [0, 0.05) is 24.8 Å². The van der Waals surface area contributed by atoms with Gasteiger partial charge in [-0.05, 0) is 48.7 Å². The van der Waals surface area contributed by atoms with Crippen LogP contribution in [0, 0.1) is 0 Å². The molecule has 6 heteroatoms. The van der Waals surface area contributed by atoms with Gasteiger partial charge >= 0.3 is 0 Å². The fraction of sp³-hybridized carbons (Fsp3) is 0.176. The number of benzene rings is 1. The molecule has 23 heavy (non-hydrogen) atoms. The van der Waals surface area contributed by atoms with E-state index in [9.17, 15) is 9.59 Å². The van der Waals surface area contributed by atoms with Gasteiger partial charge in [-0.25, -0.2) is 0 Å². The van der Waals surface area contributed by atoms with Crippen molar-refractivity contribution in [2.24, 2.45) is 0 Å². The van der Waals surface area contributed by atoms with E-state index < -0.39 is 0 Å². The Morgan fingerprint density at radius 2 is 1.74 bits per heavy atom. The SMILES string of the molecule is CCn1c(C(=O)Nc2ccc(NC(C)=O)cc2)cc2sccc21. The van der Waals surface area contributed by atoms with Crippen molar-refractivity contribution < 1.29 is 9.59 Å². The molecule has 2 aromatic heterocycles. The fourth-order valence-corrected chi connectivity index (χ4v) is 3.36. The van der Waals surface area contributed by atoms with Crippen LogP contribution in [0.25, 0.3) is 10.2 Å². The number of thiophene rings is 1. The number of amides is 2. The molecule has 118 valence electrons. The van der Waals surface area contributed by atoms with Crippen LogP contribution in [0.4, 0.5) is 11.4 Å². The zero-order valence-corrected chi connectivity index (χ0v) is 13.7. The summed E-state index contributed by atoms with van der Waals surface area (Å²) >= 11 is 1.63. The van der Waals surface area contributed by atoms with E-state index in [2.05, 4.69) is 10.6 Å². The zero-order chi connectivity index (χ0) is 16.4. The molecule has 2 N–H and O–H groups in total. The summed E-state index contributed by atoms with van der Waals surface area (Å²) in [6, 6.07) is 11.0. The summed E-state index contributed by atoms with van der Waals surface area (Å²) in [7, 11) is 0. The molecule has 5 nitrogen and oxygen atoms in total. The number of fused-ring (bicyclic) bond motifs is 1. The first-order valence-corrected chi connectivity index (χ1v) is 8.22. The lowest BCUT2D eigenvalue weighted by atomic mass is 10.2. The van der Waals surface area contributed by atoms with Crippen LogP contribution in [0.3, 0.4) is 0 Å². The lowest BCUT2D eigenvalue weighted by Crippen LogP contribution is -2.16. The third-order valence-corrected chi connectivity index (χ3v) is 4.39. The average Bonchev–Trinajstić information content (AvgIpc) is 3.09. The van der Waals surface area contributed by atoms with Crippen LogP contribution in [-0.2, 0) is 11.3 Å². The molecule has 0 bridgehead atoms. The minimum atomic E-state index is -0.137. The largest absolute Gasteiger partial charge is 0.336 e. The number of nitrogens with zero attached hydrogens (tertiary/aromatic N) is 1. The molecule has 0 aliphatic rings. The third-order valence-electron chi connectivity index (χ3n) is 3.53. The molecule has 0 saturated carbocycles. The summed E-state index contributed by atoms with van der Waals surface area (Å²) in [4.78, 5) is 23.5. The van der Waals surface area contributed by atoms with Gasteiger partial charge in [0.25, 0.3) is 5.91 Å². The van der Waals surface area contributed by atoms with Crippen LogP contribution in [0.15, 0.2) is 41.8 Å². The van der Waals surface area contributed by atoms with Crippen molar-refractivity contribution in [2.45, 2.75) is 20.4 Å². The van der Waals surface area contributed by atoms with Crippen molar-refractivity contribution in [3.05, 3.63) is 47.5 Å². The predicted molar refractivity (Wildman–Crippen MR) is 94.2 cm³/mol. The van der Waals surface area contributed by atoms with E-state index in [0.29, 0.717) is 17.1 Å². The molecule has 0 spiro atoms. The van der Waals surface area contributed by atoms with Gasteiger partial charge in [0.1, 0.15) is 5.69 Å². The van der Waals surface area contributed by atoms with Crippen LogP contribution in [0.5, 0.6) is 0 Å². The normalized spacial score (nSPS) is 10.7. The van der Waals surface area contributed by atoms with Gasteiger partial charge in [-0.2, -0.15) is 0 Å². The van der Waals surface area contributed by atoms with Crippen LogP contribution in [0.2, 0.25) is 0 Å². The lowest BCUT2D eigenvalue weighted by molar-refractivity contribution is -0.114. The molecule has 0 fully saturated rings. The maximum atomic E-state index is 12.5. The average molecular weight is 327 g/mol. The molecule has 2 heterocycles. The molecule has 2 amide bonds. The molecule has 3 rings (SSSR count). The summed E-state index contributed by atoms with van der Waals surface area (Å²) in [5, 5.41) is 7.62. The maximum absolute atomic E-state index is 12.5. The Bertz CT molecular complexity index is 862. The minimum Gasteiger partial charge on any atom is -0.336 e. The molecule has 3 aromatic rings. The number of rotatable bonds is 4. The highest BCUT2D eigenvalue weighted by atomic mass is 32.1. The number of carbonyl (C=O) groups is 2. The minimum absolute atomic E-state index is 0.123. The van der Waals surface area contributed by atoms with Crippen LogP contribution in [-0.4, -0.2) is 16.4 Å². The quantitative estimate of drug-likeness (QED) is 0.762. The molecule has 0 aliphatic heterocycles. The Hall–Kier alpha value is -2.60. The molecular formula is C17H17N3O2S. The number of hydrogen-bond acceptors (Lipinski definition) is 3.